The van der Waals surface area contributed by atoms with E-state index in [1.54, 1.807) is 25.3 Å². The Kier molecular flexibility index (Phi) is 5.51. The molecular formula is C15H17F2N3O3. The van der Waals surface area contributed by atoms with Gasteiger partial charge in [0.1, 0.15) is 30.9 Å². The smallest absolute Gasteiger partial charge is 0.282 e. The predicted octanol–water partition coefficient (Wildman–Crippen LogP) is 2.80. The zero-order valence-corrected chi connectivity index (χ0v) is 13.0. The summed E-state index contributed by atoms with van der Waals surface area (Å²) in [6.07, 6.45) is -2.65. The highest BCUT2D eigenvalue weighted by atomic mass is 19.3. The molecule has 0 saturated carbocycles. The monoisotopic (exact) mass is 325 g/mol. The number of hydrogen-bond donors (Lipinski definition) is 0. The topological polar surface area (TPSA) is 57.9 Å². The van der Waals surface area contributed by atoms with Gasteiger partial charge in [-0.25, -0.2) is 13.5 Å². The number of aromatic nitrogens is 2. The molecule has 0 bridgehead atoms. The molecule has 2 aromatic rings. The lowest BCUT2D eigenvalue weighted by atomic mass is 10.1. The first kappa shape index (κ1) is 16.7. The molecule has 0 aliphatic rings. The van der Waals surface area contributed by atoms with Crippen LogP contribution >= 0.6 is 0 Å². The Morgan fingerprint density at radius 1 is 1.30 bits per heavy atom. The highest BCUT2D eigenvalue weighted by Gasteiger charge is 2.16. The SMILES string of the molecule is CON=C(COc1cc(C(F)F)nn1C)c1cccc(OC)c1. The van der Waals surface area contributed by atoms with Gasteiger partial charge in [-0.1, -0.05) is 17.3 Å². The number of benzene rings is 1. The number of nitrogens with zero attached hydrogens (tertiary/aromatic N) is 3. The van der Waals surface area contributed by atoms with Crippen LogP contribution in [0.5, 0.6) is 11.6 Å². The fraction of sp³-hybridized carbons (Fsp3) is 0.333. The van der Waals surface area contributed by atoms with E-state index in [0.29, 0.717) is 11.5 Å². The maximum Gasteiger partial charge on any atom is 0.282 e. The number of methoxy groups -OCH3 is 1. The average Bonchev–Trinajstić information content (AvgIpc) is 2.93. The van der Waals surface area contributed by atoms with E-state index in [-0.39, 0.29) is 18.2 Å². The Morgan fingerprint density at radius 2 is 2.09 bits per heavy atom. The van der Waals surface area contributed by atoms with Crippen molar-refractivity contribution >= 4 is 5.71 Å². The van der Waals surface area contributed by atoms with Crippen LogP contribution < -0.4 is 9.47 Å². The van der Waals surface area contributed by atoms with Crippen molar-refractivity contribution in [2.45, 2.75) is 6.43 Å². The molecule has 124 valence electrons. The molecule has 1 aromatic heterocycles. The van der Waals surface area contributed by atoms with Crippen LogP contribution in [0, 0.1) is 0 Å². The molecule has 0 aliphatic carbocycles. The summed E-state index contributed by atoms with van der Waals surface area (Å²) in [4.78, 5) is 4.82. The standard InChI is InChI=1S/C15H17F2N3O3/c1-20-14(8-12(18-20)15(16)17)23-9-13(19-22-3)10-5-4-6-11(7-10)21-2/h4-8,15H,9H2,1-3H3. The van der Waals surface area contributed by atoms with E-state index in [0.717, 1.165) is 5.56 Å². The summed E-state index contributed by atoms with van der Waals surface area (Å²) in [5, 5.41) is 7.60. The van der Waals surface area contributed by atoms with Gasteiger partial charge in [-0.05, 0) is 12.1 Å². The van der Waals surface area contributed by atoms with E-state index in [9.17, 15) is 8.78 Å². The Hall–Kier alpha value is -2.64. The molecule has 0 amide bonds. The summed E-state index contributed by atoms with van der Waals surface area (Å²) in [6.45, 7) is 0.0310. The first-order chi connectivity index (χ1) is 11.0. The molecule has 8 heteroatoms. The second-order valence-corrected chi connectivity index (χ2v) is 4.57. The number of oxime groups is 1. The van der Waals surface area contributed by atoms with E-state index in [4.69, 9.17) is 14.3 Å². The fourth-order valence-corrected chi connectivity index (χ4v) is 1.93. The van der Waals surface area contributed by atoms with Crippen molar-refractivity contribution in [2.75, 3.05) is 20.8 Å². The predicted molar refractivity (Wildman–Crippen MR) is 80.2 cm³/mol. The molecule has 1 aromatic carbocycles. The van der Waals surface area contributed by atoms with Crippen LogP contribution in [0.25, 0.3) is 0 Å². The summed E-state index contributed by atoms with van der Waals surface area (Å²) in [5.41, 5.74) is 0.891. The molecule has 0 N–H and O–H groups in total. The number of aryl methyl sites for hydroxylation is 1. The third kappa shape index (κ3) is 4.18. The second-order valence-electron chi connectivity index (χ2n) is 4.57. The van der Waals surface area contributed by atoms with E-state index in [1.807, 2.05) is 6.07 Å². The van der Waals surface area contributed by atoms with Gasteiger partial charge in [0.05, 0.1) is 7.11 Å². The highest BCUT2D eigenvalue weighted by Crippen LogP contribution is 2.22. The minimum Gasteiger partial charge on any atom is -0.497 e. The van der Waals surface area contributed by atoms with Gasteiger partial charge in [0.25, 0.3) is 6.43 Å². The van der Waals surface area contributed by atoms with Gasteiger partial charge >= 0.3 is 0 Å². The lowest BCUT2D eigenvalue weighted by Crippen LogP contribution is -2.15. The summed E-state index contributed by atoms with van der Waals surface area (Å²) >= 11 is 0. The molecule has 0 saturated heterocycles. The number of alkyl halides is 2. The Labute approximate surface area is 132 Å². The Balaban J connectivity index is 2.16. The normalized spacial score (nSPS) is 11.7. The van der Waals surface area contributed by atoms with E-state index in [2.05, 4.69) is 10.3 Å². The average molecular weight is 325 g/mol. The first-order valence-corrected chi connectivity index (χ1v) is 6.74. The summed E-state index contributed by atoms with van der Waals surface area (Å²) in [7, 11) is 4.50. The third-order valence-electron chi connectivity index (χ3n) is 3.04. The van der Waals surface area contributed by atoms with Crippen molar-refractivity contribution in [1.29, 1.82) is 0 Å². The molecule has 2 rings (SSSR count). The van der Waals surface area contributed by atoms with Gasteiger partial charge in [-0.3, -0.25) is 0 Å². The summed E-state index contributed by atoms with van der Waals surface area (Å²) in [5.74, 6) is 0.874. The van der Waals surface area contributed by atoms with Crippen molar-refractivity contribution in [2.24, 2.45) is 12.2 Å². The summed E-state index contributed by atoms with van der Waals surface area (Å²) < 4.78 is 37.2. The quantitative estimate of drug-likeness (QED) is 0.580. The first-order valence-electron chi connectivity index (χ1n) is 6.74. The second kappa shape index (κ2) is 7.57. The van der Waals surface area contributed by atoms with Crippen molar-refractivity contribution < 1.29 is 23.1 Å². The van der Waals surface area contributed by atoms with E-state index < -0.39 is 6.43 Å². The van der Waals surface area contributed by atoms with Crippen LogP contribution in [-0.4, -0.2) is 36.3 Å². The van der Waals surface area contributed by atoms with Crippen LogP contribution in [0.2, 0.25) is 0 Å². The van der Waals surface area contributed by atoms with Crippen molar-refractivity contribution in [3.63, 3.8) is 0 Å². The molecule has 6 nitrogen and oxygen atoms in total. The van der Waals surface area contributed by atoms with Gasteiger partial charge in [0, 0.05) is 18.7 Å². The van der Waals surface area contributed by atoms with Gasteiger partial charge < -0.3 is 14.3 Å². The summed E-state index contributed by atoms with van der Waals surface area (Å²) in [6, 6.07) is 8.39. The van der Waals surface area contributed by atoms with Gasteiger partial charge in [0.15, 0.2) is 0 Å². The Bertz CT molecular complexity index is 686. The lowest BCUT2D eigenvalue weighted by molar-refractivity contribution is 0.145. The van der Waals surface area contributed by atoms with Crippen LogP contribution in [0.3, 0.4) is 0 Å². The maximum absolute atomic E-state index is 12.6. The number of rotatable bonds is 7. The fourth-order valence-electron chi connectivity index (χ4n) is 1.93. The third-order valence-corrected chi connectivity index (χ3v) is 3.04. The van der Waals surface area contributed by atoms with Crippen molar-refractivity contribution in [3.05, 3.63) is 41.6 Å². The number of hydrogen-bond acceptors (Lipinski definition) is 5. The van der Waals surface area contributed by atoms with E-state index >= 15 is 0 Å². The van der Waals surface area contributed by atoms with Gasteiger partial charge in [0.2, 0.25) is 5.88 Å². The highest BCUT2D eigenvalue weighted by molar-refractivity contribution is 6.01. The molecule has 0 aliphatic heterocycles. The Morgan fingerprint density at radius 3 is 2.70 bits per heavy atom. The number of ether oxygens (including phenoxy) is 2. The van der Waals surface area contributed by atoms with Crippen molar-refractivity contribution in [3.8, 4) is 11.6 Å². The molecule has 0 atom stereocenters. The molecule has 0 unspecified atom stereocenters. The van der Waals surface area contributed by atoms with Crippen LogP contribution in [0.1, 0.15) is 17.7 Å². The largest absolute Gasteiger partial charge is 0.497 e. The minimum absolute atomic E-state index is 0.0310. The zero-order chi connectivity index (χ0) is 16.8. The van der Waals surface area contributed by atoms with Gasteiger partial charge in [-0.2, -0.15) is 5.10 Å². The maximum atomic E-state index is 12.6. The van der Waals surface area contributed by atoms with Crippen LogP contribution in [0.4, 0.5) is 8.78 Å². The molecule has 23 heavy (non-hydrogen) atoms. The van der Waals surface area contributed by atoms with Crippen LogP contribution in [0.15, 0.2) is 35.5 Å². The van der Waals surface area contributed by atoms with Crippen LogP contribution in [-0.2, 0) is 11.9 Å². The molecular weight excluding hydrogens is 308 g/mol. The molecule has 0 fully saturated rings. The molecule has 0 spiro atoms. The van der Waals surface area contributed by atoms with E-state index in [1.165, 1.54) is 24.9 Å². The van der Waals surface area contributed by atoms with Gasteiger partial charge in [-0.15, -0.1) is 0 Å². The number of halogens is 2. The zero-order valence-electron chi connectivity index (χ0n) is 13.0. The lowest BCUT2D eigenvalue weighted by Gasteiger charge is -2.09. The molecule has 1 heterocycles. The van der Waals surface area contributed by atoms with Crippen molar-refractivity contribution in [1.82, 2.24) is 9.78 Å². The molecule has 0 radical (unpaired) electrons. The minimum atomic E-state index is -2.65.